The third-order valence-corrected chi connectivity index (χ3v) is 6.34. The molecule has 0 saturated heterocycles. The molecule has 3 aromatic rings. The van der Waals surface area contributed by atoms with Crippen LogP contribution in [-0.2, 0) is 4.79 Å². The quantitative estimate of drug-likeness (QED) is 0.413. The third-order valence-electron chi connectivity index (χ3n) is 4.64. The molecule has 160 valence electrons. The maximum absolute atomic E-state index is 12.9. The highest BCUT2D eigenvalue weighted by molar-refractivity contribution is 6.53. The predicted octanol–water partition coefficient (Wildman–Crippen LogP) is 4.94. The van der Waals surface area contributed by atoms with Gasteiger partial charge >= 0.3 is 0 Å². The fraction of sp³-hybridized carbons (Fsp3) is 0.167. The Kier molecular flexibility index (Phi) is 6.02. The van der Waals surface area contributed by atoms with Crippen LogP contribution in [0.3, 0.4) is 0 Å². The zero-order valence-electron chi connectivity index (χ0n) is 15.2. The van der Waals surface area contributed by atoms with Gasteiger partial charge in [0.2, 0.25) is 11.9 Å². The van der Waals surface area contributed by atoms with Crippen LogP contribution >= 0.6 is 58.0 Å². The minimum absolute atomic E-state index is 0.0468. The van der Waals surface area contributed by atoms with Crippen LogP contribution in [0.25, 0.3) is 0 Å². The molecular weight excluding hydrogens is 510 g/mol. The van der Waals surface area contributed by atoms with E-state index in [2.05, 4.69) is 31.3 Å². The molecule has 0 bridgehead atoms. The fourth-order valence-electron chi connectivity index (χ4n) is 3.21. The first-order valence-corrected chi connectivity index (χ1v) is 10.5. The second-order valence-electron chi connectivity index (χ2n) is 6.72. The Morgan fingerprint density at radius 2 is 1.71 bits per heavy atom. The van der Waals surface area contributed by atoms with Crippen molar-refractivity contribution in [3.8, 4) is 0 Å². The Bertz CT molecular complexity index is 1150. The third kappa shape index (κ3) is 4.58. The number of H-pyrrole nitrogens is 1. The largest absolute Gasteiger partial charge is 0.326 e. The lowest BCUT2D eigenvalue weighted by atomic mass is 10.1. The van der Waals surface area contributed by atoms with E-state index in [0.717, 1.165) is 0 Å². The van der Waals surface area contributed by atoms with Gasteiger partial charge in [0, 0.05) is 21.7 Å². The number of hydrogen-bond donors (Lipinski definition) is 3. The Morgan fingerprint density at radius 1 is 1.00 bits per heavy atom. The van der Waals surface area contributed by atoms with E-state index in [0.29, 0.717) is 21.3 Å². The van der Waals surface area contributed by atoms with Crippen LogP contribution < -0.4 is 10.6 Å². The molecule has 1 fully saturated rings. The van der Waals surface area contributed by atoms with Crippen molar-refractivity contribution in [2.24, 2.45) is 5.92 Å². The van der Waals surface area contributed by atoms with E-state index < -0.39 is 28.0 Å². The highest BCUT2D eigenvalue weighted by atomic mass is 35.5. The molecule has 31 heavy (non-hydrogen) atoms. The van der Waals surface area contributed by atoms with Crippen molar-refractivity contribution in [2.75, 3.05) is 10.6 Å². The summed E-state index contributed by atoms with van der Waals surface area (Å²) < 4.78 is -1.33. The van der Waals surface area contributed by atoms with Crippen LogP contribution in [0.2, 0.25) is 15.1 Å². The number of amides is 2. The number of tetrazole rings is 1. The molecule has 13 heteroatoms. The van der Waals surface area contributed by atoms with Gasteiger partial charge in [-0.15, -0.1) is 23.2 Å². The molecule has 1 saturated carbocycles. The molecule has 2 atom stereocenters. The minimum atomic E-state index is -1.33. The topological polar surface area (TPSA) is 113 Å². The number of aromatic nitrogens is 4. The number of benzene rings is 2. The molecule has 3 N–H and O–H groups in total. The average molecular weight is 521 g/mol. The highest BCUT2D eigenvalue weighted by Crippen LogP contribution is 2.65. The second kappa shape index (κ2) is 8.44. The molecule has 1 aliphatic rings. The van der Waals surface area contributed by atoms with E-state index in [1.165, 1.54) is 12.1 Å². The van der Waals surface area contributed by atoms with E-state index in [9.17, 15) is 9.59 Å². The van der Waals surface area contributed by atoms with Gasteiger partial charge < -0.3 is 5.32 Å². The summed E-state index contributed by atoms with van der Waals surface area (Å²) in [6.07, 6.45) is 0. The van der Waals surface area contributed by atoms with Gasteiger partial charge in [0.25, 0.3) is 5.91 Å². The number of halogens is 5. The van der Waals surface area contributed by atoms with E-state index >= 15 is 0 Å². The van der Waals surface area contributed by atoms with Crippen LogP contribution in [-0.4, -0.2) is 36.8 Å². The van der Waals surface area contributed by atoms with Crippen molar-refractivity contribution in [3.63, 3.8) is 0 Å². The molecule has 1 aliphatic carbocycles. The zero-order valence-corrected chi connectivity index (χ0v) is 18.9. The molecule has 1 aromatic heterocycles. The van der Waals surface area contributed by atoms with Gasteiger partial charge in [0.05, 0.1) is 16.5 Å². The molecule has 0 spiro atoms. The number of carbonyl (C=O) groups excluding carboxylic acids is 2. The first-order valence-electron chi connectivity index (χ1n) is 8.66. The number of anilines is 2. The minimum Gasteiger partial charge on any atom is -0.326 e. The number of rotatable bonds is 5. The van der Waals surface area contributed by atoms with Crippen molar-refractivity contribution >= 4 is 81.5 Å². The van der Waals surface area contributed by atoms with Gasteiger partial charge in [0.15, 0.2) is 0 Å². The number of nitrogens with zero attached hydrogens (tertiary/aromatic N) is 3. The molecule has 0 unspecified atom stereocenters. The van der Waals surface area contributed by atoms with Crippen LogP contribution in [0.4, 0.5) is 11.6 Å². The lowest BCUT2D eigenvalue weighted by molar-refractivity contribution is -0.117. The number of carbonyl (C=O) groups is 2. The number of nitrogens with one attached hydrogen (secondary N) is 3. The van der Waals surface area contributed by atoms with Crippen molar-refractivity contribution in [2.45, 2.75) is 10.3 Å². The van der Waals surface area contributed by atoms with Gasteiger partial charge in [-0.3, -0.25) is 14.9 Å². The van der Waals surface area contributed by atoms with Crippen LogP contribution in [0.1, 0.15) is 21.8 Å². The van der Waals surface area contributed by atoms with Gasteiger partial charge in [-0.1, -0.05) is 39.9 Å². The SMILES string of the molecule is O=C(Nc1nnn[nH]1)c1cc(NC(=O)[C@H]2[C@H](c3cc(Cl)cc(Cl)c3)C2(Cl)Cl)ccc1Cl. The summed E-state index contributed by atoms with van der Waals surface area (Å²) in [6, 6.07) is 9.33. The molecule has 0 aliphatic heterocycles. The van der Waals surface area contributed by atoms with Crippen LogP contribution in [0.15, 0.2) is 36.4 Å². The lowest BCUT2D eigenvalue weighted by Gasteiger charge is -2.09. The normalized spacial score (nSPS) is 19.0. The van der Waals surface area contributed by atoms with Gasteiger partial charge in [-0.2, -0.15) is 0 Å². The maximum atomic E-state index is 12.9. The Labute approximate surface area is 200 Å². The smallest absolute Gasteiger partial charge is 0.259 e. The summed E-state index contributed by atoms with van der Waals surface area (Å²) in [5.41, 5.74) is 1.08. The molecular formula is C18H11Cl5N6O2. The summed E-state index contributed by atoms with van der Waals surface area (Å²) in [6.45, 7) is 0. The standard InChI is InChI=1S/C18H11Cl5N6O2/c19-8-3-7(4-9(20)5-8)13-14(18(13,22)23)16(31)24-10-1-2-12(21)11(6-10)15(30)25-17-26-28-29-27-17/h1-6,13-14H,(H,24,31)(H2,25,26,27,28,29,30)/t13-,14+/m0/s1. The number of aromatic amines is 1. The summed E-state index contributed by atoms with van der Waals surface area (Å²) in [5, 5.41) is 18.8. The monoisotopic (exact) mass is 518 g/mol. The van der Waals surface area contributed by atoms with Gasteiger partial charge in [-0.05, 0) is 52.4 Å². The van der Waals surface area contributed by atoms with Crippen molar-refractivity contribution in [3.05, 3.63) is 62.6 Å². The molecule has 4 rings (SSSR count). The van der Waals surface area contributed by atoms with Gasteiger partial charge in [-0.25, -0.2) is 5.10 Å². The number of hydrogen-bond acceptors (Lipinski definition) is 5. The molecule has 2 aromatic carbocycles. The maximum Gasteiger partial charge on any atom is 0.259 e. The van der Waals surface area contributed by atoms with E-state index in [1.54, 1.807) is 24.3 Å². The first-order chi connectivity index (χ1) is 14.7. The molecule has 0 radical (unpaired) electrons. The summed E-state index contributed by atoms with van der Waals surface area (Å²) in [7, 11) is 0. The second-order valence-corrected chi connectivity index (χ2v) is 9.44. The lowest BCUT2D eigenvalue weighted by Crippen LogP contribution is -2.18. The van der Waals surface area contributed by atoms with Gasteiger partial charge in [0.1, 0.15) is 4.33 Å². The molecule has 8 nitrogen and oxygen atoms in total. The predicted molar refractivity (Wildman–Crippen MR) is 119 cm³/mol. The Morgan fingerprint density at radius 3 is 2.35 bits per heavy atom. The Balaban J connectivity index is 1.51. The summed E-state index contributed by atoms with van der Waals surface area (Å²) in [5.74, 6) is -2.20. The fourth-order valence-corrected chi connectivity index (χ4v) is 4.78. The Hall–Kier alpha value is -2.10. The number of alkyl halides is 2. The van der Waals surface area contributed by atoms with E-state index in [-0.39, 0.29) is 16.5 Å². The van der Waals surface area contributed by atoms with Crippen molar-refractivity contribution in [1.82, 2.24) is 20.6 Å². The van der Waals surface area contributed by atoms with Crippen molar-refractivity contribution < 1.29 is 9.59 Å². The van der Waals surface area contributed by atoms with Crippen molar-refractivity contribution in [1.29, 1.82) is 0 Å². The average Bonchev–Trinajstić information content (AvgIpc) is 2.99. The molecule has 1 heterocycles. The zero-order chi connectivity index (χ0) is 22.3. The first kappa shape index (κ1) is 22.1. The van der Waals surface area contributed by atoms with Crippen LogP contribution in [0.5, 0.6) is 0 Å². The van der Waals surface area contributed by atoms with Crippen LogP contribution in [0, 0.1) is 5.92 Å². The highest BCUT2D eigenvalue weighted by Gasteiger charge is 2.67. The summed E-state index contributed by atoms with van der Waals surface area (Å²) >= 11 is 31.0. The molecule has 2 amide bonds. The van der Waals surface area contributed by atoms with E-state index in [1.807, 2.05) is 0 Å². The van der Waals surface area contributed by atoms with E-state index in [4.69, 9.17) is 58.0 Å². The summed E-state index contributed by atoms with van der Waals surface area (Å²) in [4.78, 5) is 25.3.